The number of hydrogen-bond donors (Lipinski definition) is 2. The third kappa shape index (κ3) is 5.47. The molecule has 0 bridgehead atoms. The van der Waals surface area contributed by atoms with Crippen LogP contribution in [0.4, 0.5) is 21.5 Å². The van der Waals surface area contributed by atoms with Crippen LogP contribution in [0, 0.1) is 15.9 Å². The Morgan fingerprint density at radius 3 is 2.26 bits per heavy atom. The zero-order valence-corrected chi connectivity index (χ0v) is 16.8. The van der Waals surface area contributed by atoms with E-state index in [1.807, 2.05) is 0 Å². The number of nitrogens with zero attached hydrogens (tertiary/aromatic N) is 1. The summed E-state index contributed by atoms with van der Waals surface area (Å²) in [5.74, 6) is -0.137. The number of amides is 1. The minimum atomic E-state index is -0.699. The van der Waals surface area contributed by atoms with Crippen molar-refractivity contribution in [2.45, 2.75) is 13.0 Å². The van der Waals surface area contributed by atoms with E-state index in [1.165, 1.54) is 43.5 Å². The van der Waals surface area contributed by atoms with Gasteiger partial charge in [-0.2, -0.15) is 0 Å². The number of para-hydroxylation sites is 2. The predicted molar refractivity (Wildman–Crippen MR) is 114 cm³/mol. The standard InChI is InChI=1S/C22H20FN3O5/c1-14(22(27)25-15-7-10-17(11-8-15)26(28)29)24-16-9-12-19(18(23)13-16)31-21-6-4-3-5-20(21)30-2/h3-14,24H,1-2H3,(H,25,27). The summed E-state index contributed by atoms with van der Waals surface area (Å²) in [5, 5.41) is 16.2. The van der Waals surface area contributed by atoms with Gasteiger partial charge in [0.2, 0.25) is 5.91 Å². The van der Waals surface area contributed by atoms with Crippen LogP contribution in [-0.2, 0) is 4.79 Å². The van der Waals surface area contributed by atoms with Crippen LogP contribution in [0.1, 0.15) is 6.92 Å². The number of nitro groups is 1. The molecule has 0 aliphatic carbocycles. The van der Waals surface area contributed by atoms with E-state index >= 15 is 0 Å². The highest BCUT2D eigenvalue weighted by atomic mass is 19.1. The first-order chi connectivity index (χ1) is 14.9. The summed E-state index contributed by atoms with van der Waals surface area (Å²) in [6, 6.07) is 15.9. The first-order valence-corrected chi connectivity index (χ1v) is 9.29. The highest BCUT2D eigenvalue weighted by Crippen LogP contribution is 2.33. The SMILES string of the molecule is COc1ccccc1Oc1ccc(NC(C)C(=O)Nc2ccc([N+](=O)[O-])cc2)cc1F. The molecule has 0 heterocycles. The van der Waals surface area contributed by atoms with Crippen molar-refractivity contribution in [2.75, 3.05) is 17.7 Å². The lowest BCUT2D eigenvalue weighted by molar-refractivity contribution is -0.384. The van der Waals surface area contributed by atoms with Crippen molar-refractivity contribution < 1.29 is 23.6 Å². The zero-order chi connectivity index (χ0) is 22.4. The Bertz CT molecular complexity index is 1090. The molecule has 31 heavy (non-hydrogen) atoms. The van der Waals surface area contributed by atoms with Crippen molar-refractivity contribution in [3.05, 3.63) is 82.7 Å². The summed E-state index contributed by atoms with van der Waals surface area (Å²) in [5.41, 5.74) is 0.724. The number of methoxy groups -OCH3 is 1. The van der Waals surface area contributed by atoms with E-state index < -0.39 is 16.8 Å². The zero-order valence-electron chi connectivity index (χ0n) is 16.8. The third-order valence-electron chi connectivity index (χ3n) is 4.34. The van der Waals surface area contributed by atoms with Crippen molar-refractivity contribution in [3.8, 4) is 17.2 Å². The average Bonchev–Trinajstić information content (AvgIpc) is 2.76. The molecule has 2 N–H and O–H groups in total. The van der Waals surface area contributed by atoms with E-state index in [9.17, 15) is 19.3 Å². The molecule has 1 unspecified atom stereocenters. The van der Waals surface area contributed by atoms with Gasteiger partial charge in [0.25, 0.3) is 5.69 Å². The molecule has 0 spiro atoms. The van der Waals surface area contributed by atoms with Crippen LogP contribution in [-0.4, -0.2) is 24.0 Å². The van der Waals surface area contributed by atoms with E-state index in [-0.39, 0.29) is 17.3 Å². The summed E-state index contributed by atoms with van der Waals surface area (Å²) in [7, 11) is 1.49. The second kappa shape index (κ2) is 9.57. The molecule has 3 aromatic rings. The van der Waals surface area contributed by atoms with Crippen molar-refractivity contribution in [3.63, 3.8) is 0 Å². The summed E-state index contributed by atoms with van der Waals surface area (Å²) >= 11 is 0. The van der Waals surface area contributed by atoms with Gasteiger partial charge in [-0.05, 0) is 43.3 Å². The lowest BCUT2D eigenvalue weighted by atomic mass is 10.2. The fourth-order valence-corrected chi connectivity index (χ4v) is 2.73. The van der Waals surface area contributed by atoms with E-state index in [4.69, 9.17) is 9.47 Å². The number of halogens is 1. The minimum Gasteiger partial charge on any atom is -0.493 e. The number of non-ortho nitro benzene ring substituents is 1. The fraction of sp³-hybridized carbons (Fsp3) is 0.136. The molecule has 0 radical (unpaired) electrons. The lowest BCUT2D eigenvalue weighted by Gasteiger charge is -2.16. The van der Waals surface area contributed by atoms with Gasteiger partial charge in [-0.1, -0.05) is 12.1 Å². The summed E-state index contributed by atoms with van der Waals surface area (Å²) < 4.78 is 25.3. The molecule has 1 atom stereocenters. The maximum atomic E-state index is 14.5. The van der Waals surface area contributed by atoms with Gasteiger partial charge in [0, 0.05) is 29.6 Å². The largest absolute Gasteiger partial charge is 0.493 e. The van der Waals surface area contributed by atoms with Gasteiger partial charge in [0.15, 0.2) is 23.1 Å². The van der Waals surface area contributed by atoms with Gasteiger partial charge >= 0.3 is 0 Å². The normalized spacial score (nSPS) is 11.3. The summed E-state index contributed by atoms with van der Waals surface area (Å²) in [4.78, 5) is 22.5. The minimum absolute atomic E-state index is 0.0121. The maximum Gasteiger partial charge on any atom is 0.269 e. The smallest absolute Gasteiger partial charge is 0.269 e. The lowest BCUT2D eigenvalue weighted by Crippen LogP contribution is -2.31. The molecule has 8 nitrogen and oxygen atoms in total. The fourth-order valence-electron chi connectivity index (χ4n) is 2.73. The molecule has 0 saturated heterocycles. The number of benzene rings is 3. The summed E-state index contributed by atoms with van der Waals surface area (Å²) in [6.07, 6.45) is 0. The number of anilines is 2. The van der Waals surface area contributed by atoms with Gasteiger partial charge in [0.1, 0.15) is 6.04 Å². The van der Waals surface area contributed by atoms with Crippen LogP contribution >= 0.6 is 0 Å². The van der Waals surface area contributed by atoms with E-state index in [1.54, 1.807) is 37.3 Å². The van der Waals surface area contributed by atoms with Crippen molar-refractivity contribution in [1.82, 2.24) is 0 Å². The van der Waals surface area contributed by atoms with E-state index in [0.29, 0.717) is 22.9 Å². The molecule has 0 aromatic heterocycles. The molecule has 0 aliphatic heterocycles. The van der Waals surface area contributed by atoms with Crippen molar-refractivity contribution in [1.29, 1.82) is 0 Å². The molecular weight excluding hydrogens is 405 g/mol. The van der Waals surface area contributed by atoms with Gasteiger partial charge in [-0.25, -0.2) is 4.39 Å². The quantitative estimate of drug-likeness (QED) is 0.390. The number of carbonyl (C=O) groups excluding carboxylic acids is 1. The van der Waals surface area contributed by atoms with E-state index in [0.717, 1.165) is 0 Å². The van der Waals surface area contributed by atoms with Crippen LogP contribution in [0.3, 0.4) is 0 Å². The molecule has 0 saturated carbocycles. The number of nitro benzene ring substituents is 1. The van der Waals surface area contributed by atoms with Crippen LogP contribution in [0.15, 0.2) is 66.7 Å². The Morgan fingerprint density at radius 2 is 1.65 bits per heavy atom. The predicted octanol–water partition coefficient (Wildman–Crippen LogP) is 4.97. The highest BCUT2D eigenvalue weighted by Gasteiger charge is 2.15. The van der Waals surface area contributed by atoms with Gasteiger partial charge in [-0.15, -0.1) is 0 Å². The van der Waals surface area contributed by atoms with Gasteiger partial charge < -0.3 is 20.1 Å². The van der Waals surface area contributed by atoms with Crippen molar-refractivity contribution in [2.24, 2.45) is 0 Å². The molecule has 160 valence electrons. The molecule has 3 rings (SSSR count). The number of carbonyl (C=O) groups is 1. The number of nitrogens with one attached hydrogen (secondary N) is 2. The Kier molecular flexibility index (Phi) is 6.66. The molecule has 9 heteroatoms. The van der Waals surface area contributed by atoms with E-state index in [2.05, 4.69) is 10.6 Å². The average molecular weight is 425 g/mol. The number of hydrogen-bond acceptors (Lipinski definition) is 6. The third-order valence-corrected chi connectivity index (χ3v) is 4.34. The van der Waals surface area contributed by atoms with Gasteiger partial charge in [0.05, 0.1) is 12.0 Å². The van der Waals surface area contributed by atoms with Crippen LogP contribution < -0.4 is 20.1 Å². The number of ether oxygens (including phenoxy) is 2. The Morgan fingerprint density at radius 1 is 1.00 bits per heavy atom. The highest BCUT2D eigenvalue weighted by molar-refractivity contribution is 5.96. The first-order valence-electron chi connectivity index (χ1n) is 9.29. The topological polar surface area (TPSA) is 103 Å². The molecule has 0 fully saturated rings. The molecule has 0 aliphatic rings. The Hall–Kier alpha value is -4.14. The van der Waals surface area contributed by atoms with Crippen LogP contribution in [0.5, 0.6) is 17.2 Å². The second-order valence-electron chi connectivity index (χ2n) is 6.56. The molecular formula is C22H20FN3O5. The van der Waals surface area contributed by atoms with Crippen LogP contribution in [0.25, 0.3) is 0 Å². The Labute approximate surface area is 177 Å². The van der Waals surface area contributed by atoms with Crippen molar-refractivity contribution >= 4 is 23.0 Å². The second-order valence-corrected chi connectivity index (χ2v) is 6.56. The van der Waals surface area contributed by atoms with Gasteiger partial charge in [-0.3, -0.25) is 14.9 Å². The van der Waals surface area contributed by atoms with Crippen LogP contribution in [0.2, 0.25) is 0 Å². The summed E-state index contributed by atoms with van der Waals surface area (Å²) in [6.45, 7) is 1.61. The molecule has 3 aromatic carbocycles. The molecule has 1 amide bonds. The maximum absolute atomic E-state index is 14.5. The monoisotopic (exact) mass is 425 g/mol. The first kappa shape index (κ1) is 21.6. The number of rotatable bonds is 8. The Balaban J connectivity index is 1.63.